The third-order valence-electron chi connectivity index (χ3n) is 4.51. The van der Waals surface area contributed by atoms with E-state index in [4.69, 9.17) is 10.7 Å². The number of amides is 1. The van der Waals surface area contributed by atoms with Crippen LogP contribution in [-0.4, -0.2) is 27.0 Å². The van der Waals surface area contributed by atoms with Crippen molar-refractivity contribution in [2.45, 2.75) is 38.6 Å². The summed E-state index contributed by atoms with van der Waals surface area (Å²) >= 11 is 1.47. The second-order valence-electron chi connectivity index (χ2n) is 6.31. The fraction of sp³-hybridized carbons (Fsp3) is 0.389. The second-order valence-corrected chi connectivity index (χ2v) is 7.26. The molecule has 0 atom stereocenters. The van der Waals surface area contributed by atoms with Gasteiger partial charge in [-0.05, 0) is 37.6 Å². The van der Waals surface area contributed by atoms with Crippen LogP contribution < -0.4 is 11.1 Å². The lowest BCUT2D eigenvalue weighted by atomic mass is 10.2. The van der Waals surface area contributed by atoms with E-state index in [9.17, 15) is 4.79 Å². The minimum Gasteiger partial charge on any atom is -0.330 e. The highest BCUT2D eigenvalue weighted by molar-refractivity contribution is 7.09. The Hall–Kier alpha value is -2.25. The Labute approximate surface area is 150 Å². The summed E-state index contributed by atoms with van der Waals surface area (Å²) in [6.45, 7) is 1.57. The van der Waals surface area contributed by atoms with Crippen molar-refractivity contribution in [3.05, 3.63) is 40.1 Å². The SMILES string of the molecule is NCCc1nc(C(=O)Nc2ccc3c(c2)nc2n3CCCCC2)cs1. The van der Waals surface area contributed by atoms with Crippen LogP contribution in [0.25, 0.3) is 11.0 Å². The Morgan fingerprint density at radius 3 is 3.08 bits per heavy atom. The van der Waals surface area contributed by atoms with Crippen LogP contribution in [0.1, 0.15) is 40.6 Å². The van der Waals surface area contributed by atoms with Crippen LogP contribution in [0.5, 0.6) is 0 Å². The lowest BCUT2D eigenvalue weighted by Gasteiger charge is -2.06. The Morgan fingerprint density at radius 2 is 2.20 bits per heavy atom. The average Bonchev–Trinajstić information content (AvgIpc) is 3.13. The van der Waals surface area contributed by atoms with E-state index < -0.39 is 0 Å². The number of nitrogens with two attached hydrogens (primary N) is 1. The van der Waals surface area contributed by atoms with Crippen LogP contribution in [0, 0.1) is 0 Å². The first kappa shape index (κ1) is 16.2. The number of carbonyl (C=O) groups is 1. The Balaban J connectivity index is 1.56. The molecule has 0 saturated carbocycles. The molecule has 25 heavy (non-hydrogen) atoms. The van der Waals surface area contributed by atoms with Crippen molar-refractivity contribution in [2.75, 3.05) is 11.9 Å². The average molecular weight is 355 g/mol. The third-order valence-corrected chi connectivity index (χ3v) is 5.42. The smallest absolute Gasteiger partial charge is 0.275 e. The summed E-state index contributed by atoms with van der Waals surface area (Å²) in [4.78, 5) is 21.5. The number of aryl methyl sites for hydroxylation is 2. The number of fused-ring (bicyclic) bond motifs is 3. The van der Waals surface area contributed by atoms with E-state index in [0.29, 0.717) is 18.7 Å². The number of nitrogens with zero attached hydrogens (tertiary/aromatic N) is 3. The van der Waals surface area contributed by atoms with Crippen LogP contribution in [0.2, 0.25) is 0 Å². The molecule has 0 saturated heterocycles. The highest BCUT2D eigenvalue weighted by Crippen LogP contribution is 2.24. The molecule has 0 spiro atoms. The minimum absolute atomic E-state index is 0.195. The zero-order valence-corrected chi connectivity index (χ0v) is 14.8. The highest BCUT2D eigenvalue weighted by atomic mass is 32.1. The number of rotatable bonds is 4. The molecular formula is C18H21N5OS. The van der Waals surface area contributed by atoms with Gasteiger partial charge in [0.25, 0.3) is 5.91 Å². The van der Waals surface area contributed by atoms with Crippen molar-refractivity contribution in [3.63, 3.8) is 0 Å². The van der Waals surface area contributed by atoms with Gasteiger partial charge in [0, 0.05) is 30.5 Å². The molecule has 3 heterocycles. The zero-order chi connectivity index (χ0) is 17.2. The summed E-state index contributed by atoms with van der Waals surface area (Å²) in [6, 6.07) is 5.93. The van der Waals surface area contributed by atoms with E-state index in [1.54, 1.807) is 5.38 Å². The summed E-state index contributed by atoms with van der Waals surface area (Å²) in [5.74, 6) is 0.960. The van der Waals surface area contributed by atoms with Gasteiger partial charge in [-0.3, -0.25) is 4.79 Å². The number of carbonyl (C=O) groups excluding carboxylic acids is 1. The molecule has 7 heteroatoms. The van der Waals surface area contributed by atoms with Crippen molar-refractivity contribution < 1.29 is 4.79 Å². The van der Waals surface area contributed by atoms with Gasteiger partial charge in [0.05, 0.1) is 16.0 Å². The largest absolute Gasteiger partial charge is 0.330 e. The van der Waals surface area contributed by atoms with Gasteiger partial charge in [0.15, 0.2) is 0 Å². The quantitative estimate of drug-likeness (QED) is 0.753. The number of aromatic nitrogens is 3. The normalized spacial score (nSPS) is 14.3. The van der Waals surface area contributed by atoms with Crippen LogP contribution in [0.3, 0.4) is 0 Å². The molecule has 4 rings (SSSR count). The van der Waals surface area contributed by atoms with Gasteiger partial charge < -0.3 is 15.6 Å². The van der Waals surface area contributed by atoms with E-state index in [0.717, 1.165) is 40.5 Å². The summed E-state index contributed by atoms with van der Waals surface area (Å²) in [7, 11) is 0. The first-order valence-electron chi connectivity index (χ1n) is 8.69. The minimum atomic E-state index is -0.195. The van der Waals surface area contributed by atoms with Crippen molar-refractivity contribution >= 4 is 34.0 Å². The Morgan fingerprint density at radius 1 is 1.28 bits per heavy atom. The summed E-state index contributed by atoms with van der Waals surface area (Å²) < 4.78 is 2.31. The predicted molar refractivity (Wildman–Crippen MR) is 100 cm³/mol. The summed E-state index contributed by atoms with van der Waals surface area (Å²) in [6.07, 6.45) is 5.38. The standard InChI is InChI=1S/C18H21N5OS/c19-8-7-17-22-14(11-25-17)18(24)20-12-5-6-15-13(10-12)21-16-4-2-1-3-9-23(15)16/h5-6,10-11H,1-4,7-9,19H2,(H,20,24). The number of thiazole rings is 1. The van der Waals surface area contributed by atoms with Crippen molar-refractivity contribution in [1.82, 2.24) is 14.5 Å². The number of imidazole rings is 1. The molecule has 0 radical (unpaired) electrons. The first-order valence-corrected chi connectivity index (χ1v) is 9.57. The maximum absolute atomic E-state index is 12.4. The van der Waals surface area contributed by atoms with Crippen LogP contribution >= 0.6 is 11.3 Å². The van der Waals surface area contributed by atoms with Gasteiger partial charge in [-0.2, -0.15) is 0 Å². The maximum Gasteiger partial charge on any atom is 0.275 e. The molecule has 0 bridgehead atoms. The molecule has 0 fully saturated rings. The second kappa shape index (κ2) is 6.93. The zero-order valence-electron chi connectivity index (χ0n) is 14.0. The topological polar surface area (TPSA) is 85.8 Å². The monoisotopic (exact) mass is 355 g/mol. The number of nitrogens with one attached hydrogen (secondary N) is 1. The number of benzene rings is 1. The van der Waals surface area contributed by atoms with Crippen LogP contribution in [0.15, 0.2) is 23.6 Å². The first-order chi connectivity index (χ1) is 12.2. The van der Waals surface area contributed by atoms with Gasteiger partial charge in [-0.15, -0.1) is 11.3 Å². The van der Waals surface area contributed by atoms with Gasteiger partial charge in [0.1, 0.15) is 11.5 Å². The molecule has 1 amide bonds. The predicted octanol–water partition coefficient (Wildman–Crippen LogP) is 2.97. The van der Waals surface area contributed by atoms with Gasteiger partial charge >= 0.3 is 0 Å². The van der Waals surface area contributed by atoms with Crippen molar-refractivity contribution in [3.8, 4) is 0 Å². The van der Waals surface area contributed by atoms with Crippen LogP contribution in [-0.2, 0) is 19.4 Å². The Bertz CT molecular complexity index is 913. The lowest BCUT2D eigenvalue weighted by molar-refractivity contribution is 0.102. The van der Waals surface area contributed by atoms with Crippen LogP contribution in [0.4, 0.5) is 5.69 Å². The molecule has 130 valence electrons. The number of anilines is 1. The molecule has 1 aliphatic heterocycles. The van der Waals surface area contributed by atoms with Gasteiger partial charge in [-0.25, -0.2) is 9.97 Å². The summed E-state index contributed by atoms with van der Waals surface area (Å²) in [5, 5.41) is 5.59. The van der Waals surface area contributed by atoms with Gasteiger partial charge in [0.2, 0.25) is 0 Å². The summed E-state index contributed by atoms with van der Waals surface area (Å²) in [5.41, 5.74) is 8.81. The maximum atomic E-state index is 12.4. The number of hydrogen-bond acceptors (Lipinski definition) is 5. The highest BCUT2D eigenvalue weighted by Gasteiger charge is 2.15. The van der Waals surface area contributed by atoms with E-state index in [2.05, 4.69) is 14.9 Å². The van der Waals surface area contributed by atoms with Gasteiger partial charge in [-0.1, -0.05) is 6.42 Å². The lowest BCUT2D eigenvalue weighted by Crippen LogP contribution is -2.12. The van der Waals surface area contributed by atoms with Crippen molar-refractivity contribution in [2.24, 2.45) is 5.73 Å². The molecule has 0 aliphatic carbocycles. The van der Waals surface area contributed by atoms with E-state index in [-0.39, 0.29) is 5.91 Å². The fourth-order valence-electron chi connectivity index (χ4n) is 3.28. The fourth-order valence-corrected chi connectivity index (χ4v) is 4.07. The molecular weight excluding hydrogens is 334 g/mol. The Kier molecular flexibility index (Phi) is 4.50. The molecule has 6 nitrogen and oxygen atoms in total. The molecule has 2 aromatic heterocycles. The van der Waals surface area contributed by atoms with E-state index >= 15 is 0 Å². The third kappa shape index (κ3) is 3.29. The number of hydrogen-bond donors (Lipinski definition) is 2. The molecule has 3 aromatic rings. The van der Waals surface area contributed by atoms with Crippen molar-refractivity contribution in [1.29, 1.82) is 0 Å². The molecule has 3 N–H and O–H groups in total. The van der Waals surface area contributed by atoms with E-state index in [1.165, 1.54) is 30.6 Å². The van der Waals surface area contributed by atoms with E-state index in [1.807, 2.05) is 18.2 Å². The molecule has 0 unspecified atom stereocenters. The molecule has 1 aliphatic rings. The molecule has 1 aromatic carbocycles.